The van der Waals surface area contributed by atoms with Gasteiger partial charge in [-0.2, -0.15) is 0 Å². The molecule has 0 bridgehead atoms. The fourth-order valence-corrected chi connectivity index (χ4v) is 1.78. The van der Waals surface area contributed by atoms with Gasteiger partial charge < -0.3 is 10.4 Å². The third-order valence-corrected chi connectivity index (χ3v) is 2.83. The summed E-state index contributed by atoms with van der Waals surface area (Å²) in [6.07, 6.45) is 0. The van der Waals surface area contributed by atoms with Gasteiger partial charge in [-0.05, 0) is 30.2 Å². The van der Waals surface area contributed by atoms with Crippen molar-refractivity contribution in [2.75, 3.05) is 0 Å². The lowest BCUT2D eigenvalue weighted by molar-refractivity contribution is 0.472. The quantitative estimate of drug-likeness (QED) is 0.840. The van der Waals surface area contributed by atoms with E-state index in [1.165, 1.54) is 5.56 Å². The third-order valence-electron chi connectivity index (χ3n) is 2.83. The Balaban J connectivity index is 1.96. The van der Waals surface area contributed by atoms with Gasteiger partial charge in [0.25, 0.3) is 0 Å². The molecule has 17 heavy (non-hydrogen) atoms. The smallest absolute Gasteiger partial charge is 0.115 e. The van der Waals surface area contributed by atoms with Crippen molar-refractivity contribution < 1.29 is 5.11 Å². The Bertz CT molecular complexity index is 467. The van der Waals surface area contributed by atoms with Gasteiger partial charge in [0.2, 0.25) is 0 Å². The van der Waals surface area contributed by atoms with E-state index in [9.17, 15) is 5.11 Å². The van der Waals surface area contributed by atoms with Gasteiger partial charge in [0, 0.05) is 12.6 Å². The average Bonchev–Trinajstić information content (AvgIpc) is 2.37. The second-order valence-corrected chi connectivity index (χ2v) is 4.18. The number of nitrogens with one attached hydrogen (secondary N) is 1. The number of benzene rings is 2. The molecule has 1 atom stereocenters. The molecule has 2 rings (SSSR count). The molecule has 0 fully saturated rings. The van der Waals surface area contributed by atoms with Crippen LogP contribution < -0.4 is 5.32 Å². The molecule has 1 unspecified atom stereocenters. The van der Waals surface area contributed by atoms with Gasteiger partial charge in [0.1, 0.15) is 5.75 Å². The maximum Gasteiger partial charge on any atom is 0.115 e. The Hall–Kier alpha value is -1.80. The van der Waals surface area contributed by atoms with Crippen molar-refractivity contribution in [3.05, 3.63) is 65.7 Å². The summed E-state index contributed by atoms with van der Waals surface area (Å²) in [6, 6.07) is 17.9. The van der Waals surface area contributed by atoms with Crippen molar-refractivity contribution >= 4 is 0 Å². The van der Waals surface area contributed by atoms with E-state index in [0.29, 0.717) is 5.75 Å². The number of hydrogen-bond acceptors (Lipinski definition) is 2. The monoisotopic (exact) mass is 227 g/mol. The molecule has 0 saturated carbocycles. The first-order valence-corrected chi connectivity index (χ1v) is 5.82. The molecule has 0 saturated heterocycles. The van der Waals surface area contributed by atoms with Crippen molar-refractivity contribution in [2.45, 2.75) is 19.5 Å². The number of phenolic OH excluding ortho intramolecular Hbond substituents is 1. The van der Waals surface area contributed by atoms with Crippen molar-refractivity contribution in [1.29, 1.82) is 0 Å². The summed E-state index contributed by atoms with van der Waals surface area (Å²) in [7, 11) is 0. The van der Waals surface area contributed by atoms with E-state index in [1.54, 1.807) is 12.1 Å². The fraction of sp³-hybridized carbons (Fsp3) is 0.200. The van der Waals surface area contributed by atoms with Gasteiger partial charge >= 0.3 is 0 Å². The van der Waals surface area contributed by atoms with Crippen LogP contribution in [-0.4, -0.2) is 5.11 Å². The van der Waals surface area contributed by atoms with E-state index in [0.717, 1.165) is 12.1 Å². The lowest BCUT2D eigenvalue weighted by Crippen LogP contribution is -2.17. The number of hydrogen-bond donors (Lipinski definition) is 2. The third kappa shape index (κ3) is 3.33. The highest BCUT2D eigenvalue weighted by Gasteiger charge is 2.04. The molecular formula is C15H17NO. The van der Waals surface area contributed by atoms with E-state index in [4.69, 9.17) is 0 Å². The van der Waals surface area contributed by atoms with Gasteiger partial charge in [-0.3, -0.25) is 0 Å². The van der Waals surface area contributed by atoms with Gasteiger partial charge in [-0.15, -0.1) is 0 Å². The summed E-state index contributed by atoms with van der Waals surface area (Å²) in [5.41, 5.74) is 2.36. The lowest BCUT2D eigenvalue weighted by Gasteiger charge is -2.14. The molecule has 0 heterocycles. The molecule has 2 heteroatoms. The molecule has 0 aromatic heterocycles. The molecule has 0 spiro atoms. The molecule has 2 nitrogen and oxygen atoms in total. The van der Waals surface area contributed by atoms with Gasteiger partial charge in [-0.1, -0.05) is 42.5 Å². The van der Waals surface area contributed by atoms with Crippen molar-refractivity contribution in [2.24, 2.45) is 0 Å². The molecule has 88 valence electrons. The highest BCUT2D eigenvalue weighted by Crippen LogP contribution is 2.18. The molecule has 0 radical (unpaired) electrons. The zero-order valence-electron chi connectivity index (χ0n) is 9.93. The van der Waals surface area contributed by atoms with Gasteiger partial charge in [-0.25, -0.2) is 0 Å². The predicted octanol–water partition coefficient (Wildman–Crippen LogP) is 3.24. The van der Waals surface area contributed by atoms with Crippen LogP contribution in [0.15, 0.2) is 54.6 Å². The minimum absolute atomic E-state index is 0.224. The predicted molar refractivity (Wildman–Crippen MR) is 69.8 cm³/mol. The first-order chi connectivity index (χ1) is 8.25. The maximum absolute atomic E-state index is 9.42. The van der Waals surface area contributed by atoms with Crippen LogP contribution in [0.25, 0.3) is 0 Å². The van der Waals surface area contributed by atoms with Gasteiger partial charge in [0.15, 0.2) is 0 Å². The highest BCUT2D eigenvalue weighted by molar-refractivity contribution is 5.29. The van der Waals surface area contributed by atoms with E-state index in [1.807, 2.05) is 30.3 Å². The minimum atomic E-state index is 0.224. The summed E-state index contributed by atoms with van der Waals surface area (Å²) < 4.78 is 0. The Kier molecular flexibility index (Phi) is 3.78. The van der Waals surface area contributed by atoms with Crippen LogP contribution in [-0.2, 0) is 6.54 Å². The van der Waals surface area contributed by atoms with E-state index < -0.39 is 0 Å². The summed E-state index contributed by atoms with van der Waals surface area (Å²) >= 11 is 0. The molecule has 0 amide bonds. The lowest BCUT2D eigenvalue weighted by atomic mass is 10.1. The molecule has 0 aliphatic heterocycles. The molecule has 0 aliphatic rings. The van der Waals surface area contributed by atoms with Crippen LogP contribution in [0.1, 0.15) is 24.1 Å². The van der Waals surface area contributed by atoms with Crippen LogP contribution in [0.3, 0.4) is 0 Å². The Morgan fingerprint density at radius 1 is 1.06 bits per heavy atom. The Morgan fingerprint density at radius 3 is 2.53 bits per heavy atom. The maximum atomic E-state index is 9.42. The molecular weight excluding hydrogens is 210 g/mol. The summed E-state index contributed by atoms with van der Waals surface area (Å²) in [6.45, 7) is 2.93. The molecule has 2 N–H and O–H groups in total. The largest absolute Gasteiger partial charge is 0.508 e. The second-order valence-electron chi connectivity index (χ2n) is 4.18. The van der Waals surface area contributed by atoms with E-state index in [2.05, 4.69) is 24.4 Å². The Labute approximate surface area is 102 Å². The Morgan fingerprint density at radius 2 is 1.82 bits per heavy atom. The number of phenols is 1. The van der Waals surface area contributed by atoms with Crippen LogP contribution in [0.5, 0.6) is 5.75 Å². The van der Waals surface area contributed by atoms with Crippen LogP contribution >= 0.6 is 0 Å². The highest BCUT2D eigenvalue weighted by atomic mass is 16.3. The topological polar surface area (TPSA) is 32.3 Å². The van der Waals surface area contributed by atoms with E-state index in [-0.39, 0.29) is 6.04 Å². The van der Waals surface area contributed by atoms with Crippen molar-refractivity contribution in [3.63, 3.8) is 0 Å². The van der Waals surface area contributed by atoms with Crippen LogP contribution in [0.2, 0.25) is 0 Å². The summed E-state index contributed by atoms with van der Waals surface area (Å²) in [4.78, 5) is 0. The van der Waals surface area contributed by atoms with Gasteiger partial charge in [0.05, 0.1) is 0 Å². The molecule has 0 aliphatic carbocycles. The van der Waals surface area contributed by atoms with Crippen LogP contribution in [0, 0.1) is 0 Å². The van der Waals surface area contributed by atoms with Crippen molar-refractivity contribution in [3.8, 4) is 5.75 Å². The number of aromatic hydroxyl groups is 1. The zero-order chi connectivity index (χ0) is 12.1. The zero-order valence-corrected chi connectivity index (χ0v) is 9.93. The van der Waals surface area contributed by atoms with Crippen molar-refractivity contribution in [1.82, 2.24) is 5.32 Å². The number of rotatable bonds is 4. The first-order valence-electron chi connectivity index (χ1n) is 5.82. The second kappa shape index (κ2) is 5.51. The standard InChI is InChI=1S/C15H17NO/c1-12(14-8-5-9-15(17)10-14)16-11-13-6-3-2-4-7-13/h2-10,12,16-17H,11H2,1H3. The SMILES string of the molecule is CC(NCc1ccccc1)c1cccc(O)c1. The summed E-state index contributed by atoms with van der Waals surface area (Å²) in [5, 5.41) is 12.9. The average molecular weight is 227 g/mol. The molecule has 2 aromatic carbocycles. The first kappa shape index (κ1) is 11.7. The fourth-order valence-electron chi connectivity index (χ4n) is 1.78. The van der Waals surface area contributed by atoms with Crippen LogP contribution in [0.4, 0.5) is 0 Å². The summed E-state index contributed by atoms with van der Waals surface area (Å²) in [5.74, 6) is 0.316. The molecule has 2 aromatic rings. The minimum Gasteiger partial charge on any atom is -0.508 e. The van der Waals surface area contributed by atoms with E-state index >= 15 is 0 Å². The normalized spacial score (nSPS) is 12.3.